The maximum atomic E-state index is 13.0. The minimum Gasteiger partial charge on any atom is -0.492 e. The van der Waals surface area contributed by atoms with Crippen molar-refractivity contribution >= 4 is 49.2 Å². The number of nitrogens with one attached hydrogen (secondary N) is 1. The van der Waals surface area contributed by atoms with Crippen molar-refractivity contribution in [3.8, 4) is 5.75 Å². The molecule has 1 aliphatic carbocycles. The Morgan fingerprint density at radius 1 is 1.14 bits per heavy atom. The van der Waals surface area contributed by atoms with E-state index >= 15 is 0 Å². The van der Waals surface area contributed by atoms with Gasteiger partial charge in [-0.05, 0) is 85.7 Å². The van der Waals surface area contributed by atoms with E-state index in [2.05, 4.69) is 47.0 Å². The molecule has 2 heterocycles. The summed E-state index contributed by atoms with van der Waals surface area (Å²) < 4.78 is 48.1. The Labute approximate surface area is 209 Å². The summed E-state index contributed by atoms with van der Waals surface area (Å²) in [5.74, 6) is 1.23. The van der Waals surface area contributed by atoms with Crippen LogP contribution in [0.5, 0.6) is 5.75 Å². The summed E-state index contributed by atoms with van der Waals surface area (Å²) in [6.45, 7) is 1.51. The lowest BCUT2D eigenvalue weighted by Crippen LogP contribution is -2.15. The minimum absolute atomic E-state index is 0.386. The number of hydrogen-bond donors (Lipinski definition) is 1. The fourth-order valence-electron chi connectivity index (χ4n) is 4.26. The normalized spacial score (nSPS) is 14.3. The van der Waals surface area contributed by atoms with Crippen molar-refractivity contribution in [2.24, 2.45) is 0 Å². The van der Waals surface area contributed by atoms with Gasteiger partial charge in [0, 0.05) is 23.7 Å². The third-order valence-corrected chi connectivity index (χ3v) is 6.68. The number of rotatable bonds is 8. The van der Waals surface area contributed by atoms with E-state index in [1.54, 1.807) is 6.20 Å². The van der Waals surface area contributed by atoms with Gasteiger partial charge in [-0.25, -0.2) is 0 Å². The molecule has 1 aliphatic rings. The number of alkyl halides is 3. The molecule has 1 N–H and O–H groups in total. The molecule has 1 fully saturated rings. The molecule has 0 saturated heterocycles. The summed E-state index contributed by atoms with van der Waals surface area (Å²) in [5, 5.41) is 13.5. The van der Waals surface area contributed by atoms with Crippen LogP contribution >= 0.6 is 15.9 Å². The van der Waals surface area contributed by atoms with E-state index in [0.29, 0.717) is 24.2 Å². The lowest BCUT2D eigenvalue weighted by molar-refractivity contribution is -0.137. The minimum atomic E-state index is -4.38. The van der Waals surface area contributed by atoms with Gasteiger partial charge >= 0.3 is 6.18 Å². The van der Waals surface area contributed by atoms with Gasteiger partial charge < -0.3 is 19.5 Å². The van der Waals surface area contributed by atoms with Crippen molar-refractivity contribution in [2.75, 3.05) is 32.6 Å². The van der Waals surface area contributed by atoms with Crippen molar-refractivity contribution < 1.29 is 17.9 Å². The van der Waals surface area contributed by atoms with Crippen LogP contribution in [-0.4, -0.2) is 46.9 Å². The van der Waals surface area contributed by atoms with Gasteiger partial charge in [-0.3, -0.25) is 0 Å². The first kappa shape index (κ1) is 23.9. The lowest BCUT2D eigenvalue weighted by Gasteiger charge is -2.12. The molecule has 0 aliphatic heterocycles. The molecular formula is C25H25BrF3N5O. The highest BCUT2D eigenvalue weighted by molar-refractivity contribution is 9.10. The quantitative estimate of drug-likeness (QED) is 0.246. The van der Waals surface area contributed by atoms with Gasteiger partial charge in [0.1, 0.15) is 5.75 Å². The molecule has 0 bridgehead atoms. The molecule has 0 amide bonds. The lowest BCUT2D eigenvalue weighted by atomic mass is 10.1. The number of halogens is 4. The molecule has 2 aromatic heterocycles. The van der Waals surface area contributed by atoms with Crippen LogP contribution in [0.4, 0.5) is 24.7 Å². The molecule has 0 spiro atoms. The van der Waals surface area contributed by atoms with Crippen molar-refractivity contribution in [1.29, 1.82) is 0 Å². The molecule has 0 unspecified atom stereocenters. The van der Waals surface area contributed by atoms with Gasteiger partial charge in [0.15, 0.2) is 5.82 Å². The second kappa shape index (κ2) is 9.31. The largest absolute Gasteiger partial charge is 0.492 e. The molecule has 0 atom stereocenters. The SMILES string of the molecule is CN(C)CCCOc1cc2c3c(Nc4ccc(C(F)(F)F)cc4)nncc3n(C3CC3)c2cc1Br. The number of aromatic nitrogens is 3. The molecule has 10 heteroatoms. The predicted octanol–water partition coefficient (Wildman–Crippen LogP) is 6.77. The maximum absolute atomic E-state index is 13.0. The zero-order valence-electron chi connectivity index (χ0n) is 19.4. The molecule has 4 aromatic rings. The van der Waals surface area contributed by atoms with E-state index in [-0.39, 0.29) is 0 Å². The second-order valence-electron chi connectivity index (χ2n) is 9.06. The first-order chi connectivity index (χ1) is 16.7. The smallest absolute Gasteiger partial charge is 0.416 e. The van der Waals surface area contributed by atoms with Crippen LogP contribution in [0.15, 0.2) is 47.1 Å². The van der Waals surface area contributed by atoms with Crippen LogP contribution in [0.25, 0.3) is 21.8 Å². The van der Waals surface area contributed by atoms with Crippen molar-refractivity contribution in [3.63, 3.8) is 0 Å². The summed E-state index contributed by atoms with van der Waals surface area (Å²) in [6, 6.07) is 9.38. The molecule has 6 nitrogen and oxygen atoms in total. The molecule has 5 rings (SSSR count). The average molecular weight is 548 g/mol. The Kier molecular flexibility index (Phi) is 6.35. The van der Waals surface area contributed by atoms with Crippen LogP contribution in [-0.2, 0) is 6.18 Å². The standard InChI is InChI=1S/C25H25BrF3N5O/c1-33(2)10-3-11-35-22-12-18-20(13-19(22)26)34(17-8-9-17)21-14-30-32-24(23(18)21)31-16-6-4-15(5-7-16)25(27,28)29/h4-7,12-14,17H,3,8-11H2,1-2H3,(H,31,32). The Hall–Kier alpha value is -2.85. The molecular weight excluding hydrogens is 523 g/mol. The molecule has 1 saturated carbocycles. The van der Waals surface area contributed by atoms with E-state index in [4.69, 9.17) is 4.74 Å². The second-order valence-corrected chi connectivity index (χ2v) is 9.91. The van der Waals surface area contributed by atoms with Crippen LogP contribution in [0, 0.1) is 0 Å². The summed E-state index contributed by atoms with van der Waals surface area (Å²) in [7, 11) is 4.06. The van der Waals surface area contributed by atoms with Crippen LogP contribution in [0.2, 0.25) is 0 Å². The monoisotopic (exact) mass is 547 g/mol. The van der Waals surface area contributed by atoms with Gasteiger partial charge in [-0.2, -0.15) is 18.3 Å². The number of anilines is 2. The number of hydrogen-bond acceptors (Lipinski definition) is 5. The van der Waals surface area contributed by atoms with Crippen molar-refractivity contribution in [1.82, 2.24) is 19.7 Å². The van der Waals surface area contributed by atoms with Crippen molar-refractivity contribution in [2.45, 2.75) is 31.5 Å². The summed E-state index contributed by atoms with van der Waals surface area (Å²) in [4.78, 5) is 2.11. The number of benzene rings is 2. The third-order valence-electron chi connectivity index (χ3n) is 6.06. The zero-order chi connectivity index (χ0) is 24.7. The fourth-order valence-corrected chi connectivity index (χ4v) is 4.71. The van der Waals surface area contributed by atoms with Crippen LogP contribution in [0.3, 0.4) is 0 Å². The Morgan fingerprint density at radius 3 is 2.54 bits per heavy atom. The number of ether oxygens (including phenoxy) is 1. The average Bonchev–Trinajstić information content (AvgIpc) is 3.58. The highest BCUT2D eigenvalue weighted by Crippen LogP contribution is 2.46. The van der Waals surface area contributed by atoms with E-state index in [1.807, 2.05) is 20.2 Å². The predicted molar refractivity (Wildman–Crippen MR) is 134 cm³/mol. The highest BCUT2D eigenvalue weighted by atomic mass is 79.9. The zero-order valence-corrected chi connectivity index (χ0v) is 20.9. The van der Waals surface area contributed by atoms with E-state index in [0.717, 1.165) is 70.0 Å². The summed E-state index contributed by atoms with van der Waals surface area (Å²) >= 11 is 3.67. The van der Waals surface area contributed by atoms with Gasteiger partial charge in [0.2, 0.25) is 0 Å². The van der Waals surface area contributed by atoms with Crippen molar-refractivity contribution in [3.05, 3.63) is 52.6 Å². The van der Waals surface area contributed by atoms with Crippen LogP contribution < -0.4 is 10.1 Å². The number of fused-ring (bicyclic) bond motifs is 3. The molecule has 2 aromatic carbocycles. The first-order valence-electron chi connectivity index (χ1n) is 11.4. The van der Waals surface area contributed by atoms with Gasteiger partial charge in [-0.1, -0.05) is 0 Å². The summed E-state index contributed by atoms with van der Waals surface area (Å²) in [6.07, 6.45) is 0.434. The topological polar surface area (TPSA) is 55.2 Å². The Morgan fingerprint density at radius 2 is 1.89 bits per heavy atom. The van der Waals surface area contributed by atoms with Gasteiger partial charge in [0.25, 0.3) is 0 Å². The van der Waals surface area contributed by atoms with Gasteiger partial charge in [-0.15, -0.1) is 5.10 Å². The third kappa shape index (κ3) is 4.95. The Balaban J connectivity index is 1.56. The van der Waals surface area contributed by atoms with E-state index < -0.39 is 11.7 Å². The Bertz CT molecular complexity index is 1360. The van der Waals surface area contributed by atoms with Gasteiger partial charge in [0.05, 0.1) is 39.3 Å². The molecule has 184 valence electrons. The molecule has 0 radical (unpaired) electrons. The maximum Gasteiger partial charge on any atom is 0.416 e. The first-order valence-corrected chi connectivity index (χ1v) is 12.2. The summed E-state index contributed by atoms with van der Waals surface area (Å²) in [5.41, 5.74) is 1.78. The number of nitrogens with zero attached hydrogens (tertiary/aromatic N) is 4. The molecule has 35 heavy (non-hydrogen) atoms. The van der Waals surface area contributed by atoms with E-state index in [1.165, 1.54) is 12.1 Å². The van der Waals surface area contributed by atoms with Crippen LogP contribution in [0.1, 0.15) is 30.9 Å². The fraction of sp³-hybridized carbons (Fsp3) is 0.360. The van der Waals surface area contributed by atoms with E-state index in [9.17, 15) is 13.2 Å². The highest BCUT2D eigenvalue weighted by Gasteiger charge is 2.31.